The Morgan fingerprint density at radius 3 is 2.25 bits per heavy atom. The van der Waals surface area contributed by atoms with Crippen molar-refractivity contribution in [2.75, 3.05) is 6.61 Å². The van der Waals surface area contributed by atoms with E-state index in [1.165, 1.54) is 25.7 Å². The molecular weight excluding hydrogens is 164 g/mol. The largest absolute Gasteiger partial charge is 0.428 e. The average molecular weight is 186 g/mol. The zero-order valence-corrected chi connectivity index (χ0v) is 10.7. The van der Waals surface area contributed by atoms with E-state index in [0.29, 0.717) is 0 Å². The fourth-order valence-electron chi connectivity index (χ4n) is 1.35. The molecule has 1 nitrogen and oxygen atoms in total. The maximum absolute atomic E-state index is 5.14. The predicted molar refractivity (Wildman–Crippen MR) is 58.4 cm³/mol. The van der Waals surface area contributed by atoms with Crippen molar-refractivity contribution in [2.24, 2.45) is 0 Å². The highest BCUT2D eigenvalue weighted by Gasteiger charge is 1.93. The molecule has 0 saturated carbocycles. The Labute approximate surface area is 79.7 Å². The molecule has 0 saturated heterocycles. The standard InChI is InChI=1S/C10H22OSi/c1-3-6-10(7-4-2)8-5-9-11-12/h8H,3-7,9H2,1-2,12H3. The van der Waals surface area contributed by atoms with Crippen LogP contribution in [0, 0.1) is 0 Å². The van der Waals surface area contributed by atoms with Crippen molar-refractivity contribution in [3.8, 4) is 0 Å². The summed E-state index contributed by atoms with van der Waals surface area (Å²) in [7, 11) is 0.875. The van der Waals surface area contributed by atoms with Gasteiger partial charge in [-0.25, -0.2) is 0 Å². The molecular formula is C10H22OSi. The molecule has 0 heterocycles. The van der Waals surface area contributed by atoms with Crippen LogP contribution in [-0.2, 0) is 4.43 Å². The highest BCUT2D eigenvalue weighted by molar-refractivity contribution is 5.97. The monoisotopic (exact) mass is 186 g/mol. The van der Waals surface area contributed by atoms with Crippen LogP contribution in [0.3, 0.4) is 0 Å². The molecule has 72 valence electrons. The Hall–Kier alpha value is -0.0831. The van der Waals surface area contributed by atoms with Gasteiger partial charge in [0.25, 0.3) is 0 Å². The van der Waals surface area contributed by atoms with Crippen LogP contribution < -0.4 is 0 Å². The van der Waals surface area contributed by atoms with Crippen LogP contribution in [0.25, 0.3) is 0 Å². The zero-order chi connectivity index (χ0) is 9.23. The summed E-state index contributed by atoms with van der Waals surface area (Å²) in [5.74, 6) is 0. The van der Waals surface area contributed by atoms with Crippen LogP contribution in [0.5, 0.6) is 0 Å². The number of hydrogen-bond acceptors (Lipinski definition) is 1. The van der Waals surface area contributed by atoms with Gasteiger partial charge in [0.1, 0.15) is 10.5 Å². The van der Waals surface area contributed by atoms with Crippen molar-refractivity contribution in [1.29, 1.82) is 0 Å². The van der Waals surface area contributed by atoms with E-state index in [0.717, 1.165) is 23.5 Å². The number of hydrogen-bond donors (Lipinski definition) is 0. The SMILES string of the molecule is CCCC(=CCCO[SiH3])CCC. The smallest absolute Gasteiger partial charge is 0.145 e. The van der Waals surface area contributed by atoms with Gasteiger partial charge in [-0.15, -0.1) is 0 Å². The lowest BCUT2D eigenvalue weighted by Gasteiger charge is -2.03. The number of allylic oxidation sites excluding steroid dienone is 1. The van der Waals surface area contributed by atoms with Crippen LogP contribution >= 0.6 is 0 Å². The Morgan fingerprint density at radius 2 is 1.83 bits per heavy atom. The third kappa shape index (κ3) is 6.62. The summed E-state index contributed by atoms with van der Waals surface area (Å²) < 4.78 is 5.14. The minimum Gasteiger partial charge on any atom is -0.428 e. The molecule has 12 heavy (non-hydrogen) atoms. The van der Waals surface area contributed by atoms with E-state index < -0.39 is 0 Å². The summed E-state index contributed by atoms with van der Waals surface area (Å²) in [5.41, 5.74) is 1.62. The van der Waals surface area contributed by atoms with E-state index in [1.54, 1.807) is 5.57 Å². The van der Waals surface area contributed by atoms with E-state index in [9.17, 15) is 0 Å². The Bertz CT molecular complexity index is 113. The molecule has 0 fully saturated rings. The lowest BCUT2D eigenvalue weighted by atomic mass is 10.0. The van der Waals surface area contributed by atoms with Gasteiger partial charge in [0.15, 0.2) is 0 Å². The van der Waals surface area contributed by atoms with E-state index in [4.69, 9.17) is 4.43 Å². The first-order valence-electron chi connectivity index (χ1n) is 5.02. The Balaban J connectivity index is 3.64. The van der Waals surface area contributed by atoms with Gasteiger partial charge < -0.3 is 4.43 Å². The van der Waals surface area contributed by atoms with Gasteiger partial charge >= 0.3 is 0 Å². The molecule has 0 spiro atoms. The molecule has 0 aromatic rings. The van der Waals surface area contributed by atoms with Crippen LogP contribution in [0.1, 0.15) is 46.0 Å². The fraction of sp³-hybridized carbons (Fsp3) is 0.800. The van der Waals surface area contributed by atoms with Gasteiger partial charge in [-0.1, -0.05) is 38.3 Å². The van der Waals surface area contributed by atoms with E-state index in [1.807, 2.05) is 0 Å². The highest BCUT2D eigenvalue weighted by Crippen LogP contribution is 2.12. The summed E-state index contributed by atoms with van der Waals surface area (Å²) in [4.78, 5) is 0. The van der Waals surface area contributed by atoms with Crippen molar-refractivity contribution in [1.82, 2.24) is 0 Å². The predicted octanol–water partition coefficient (Wildman–Crippen LogP) is 2.20. The normalized spacial score (nSPS) is 10.2. The summed E-state index contributed by atoms with van der Waals surface area (Å²) in [5, 5.41) is 0. The Morgan fingerprint density at radius 1 is 1.25 bits per heavy atom. The van der Waals surface area contributed by atoms with E-state index in [2.05, 4.69) is 19.9 Å². The van der Waals surface area contributed by atoms with Gasteiger partial charge in [0.05, 0.1) is 0 Å². The molecule has 0 amide bonds. The first-order chi connectivity index (χ1) is 5.85. The molecule has 0 N–H and O–H groups in total. The van der Waals surface area contributed by atoms with E-state index >= 15 is 0 Å². The molecule has 0 aliphatic rings. The van der Waals surface area contributed by atoms with Crippen molar-refractivity contribution in [3.05, 3.63) is 11.6 Å². The topological polar surface area (TPSA) is 9.23 Å². The first kappa shape index (κ1) is 11.9. The molecule has 0 radical (unpaired) electrons. The highest BCUT2D eigenvalue weighted by atomic mass is 28.2. The van der Waals surface area contributed by atoms with Gasteiger partial charge in [-0.2, -0.15) is 0 Å². The third-order valence-electron chi connectivity index (χ3n) is 1.90. The molecule has 0 aromatic heterocycles. The van der Waals surface area contributed by atoms with Gasteiger partial charge in [0.2, 0.25) is 0 Å². The average Bonchev–Trinajstić information content (AvgIpc) is 2.06. The van der Waals surface area contributed by atoms with Gasteiger partial charge in [0, 0.05) is 6.61 Å². The molecule has 0 aliphatic carbocycles. The molecule has 0 aromatic carbocycles. The third-order valence-corrected chi connectivity index (χ3v) is 2.31. The summed E-state index contributed by atoms with van der Waals surface area (Å²) in [6.07, 6.45) is 8.56. The second kappa shape index (κ2) is 9.01. The summed E-state index contributed by atoms with van der Waals surface area (Å²) in [6.45, 7) is 5.41. The molecule has 0 rings (SSSR count). The van der Waals surface area contributed by atoms with E-state index in [-0.39, 0.29) is 0 Å². The van der Waals surface area contributed by atoms with Crippen LogP contribution in [-0.4, -0.2) is 17.1 Å². The van der Waals surface area contributed by atoms with Crippen molar-refractivity contribution in [2.45, 2.75) is 46.0 Å². The lowest BCUT2D eigenvalue weighted by Crippen LogP contribution is -1.89. The quantitative estimate of drug-likeness (QED) is 0.336. The summed E-state index contributed by atoms with van der Waals surface area (Å²) >= 11 is 0. The minimum atomic E-state index is 0.875. The van der Waals surface area contributed by atoms with Crippen molar-refractivity contribution >= 4 is 10.5 Å². The second-order valence-electron chi connectivity index (χ2n) is 3.14. The first-order valence-corrected chi connectivity index (χ1v) is 5.83. The fourth-order valence-corrected chi connectivity index (χ4v) is 1.59. The number of rotatable bonds is 7. The Kier molecular flexibility index (Phi) is 8.95. The molecule has 2 heteroatoms. The van der Waals surface area contributed by atoms with Gasteiger partial charge in [-0.05, 0) is 19.3 Å². The van der Waals surface area contributed by atoms with Crippen molar-refractivity contribution in [3.63, 3.8) is 0 Å². The van der Waals surface area contributed by atoms with Gasteiger partial charge in [-0.3, -0.25) is 0 Å². The minimum absolute atomic E-state index is 0.875. The van der Waals surface area contributed by atoms with Crippen molar-refractivity contribution < 1.29 is 4.43 Å². The zero-order valence-electron chi connectivity index (χ0n) is 8.73. The van der Waals surface area contributed by atoms with Crippen LogP contribution in [0.15, 0.2) is 11.6 Å². The molecule has 0 bridgehead atoms. The van der Waals surface area contributed by atoms with Crippen LogP contribution in [0.4, 0.5) is 0 Å². The summed E-state index contributed by atoms with van der Waals surface area (Å²) in [6, 6.07) is 0. The lowest BCUT2D eigenvalue weighted by molar-refractivity contribution is 0.357. The molecule has 0 atom stereocenters. The second-order valence-corrected chi connectivity index (χ2v) is 3.72. The van der Waals surface area contributed by atoms with Crippen LogP contribution in [0.2, 0.25) is 0 Å². The molecule has 0 aliphatic heterocycles. The molecule has 0 unspecified atom stereocenters. The maximum Gasteiger partial charge on any atom is 0.145 e. The maximum atomic E-state index is 5.14.